The number of hydrogen-bond acceptors (Lipinski definition) is 4. The van der Waals surface area contributed by atoms with Gasteiger partial charge in [-0.3, -0.25) is 0 Å². The molecular formula is C21H20O4. The summed E-state index contributed by atoms with van der Waals surface area (Å²) in [6, 6.07) is 10.8. The van der Waals surface area contributed by atoms with Gasteiger partial charge in [0.05, 0.1) is 10.8 Å². The number of ether oxygens (including phenoxy) is 2. The van der Waals surface area contributed by atoms with E-state index in [0.717, 1.165) is 21.9 Å². The first-order chi connectivity index (χ1) is 12.0. The Morgan fingerprint density at radius 2 is 1.64 bits per heavy atom. The van der Waals surface area contributed by atoms with Gasteiger partial charge in [-0.2, -0.15) is 0 Å². The molecular weight excluding hydrogens is 316 g/mol. The molecule has 0 aliphatic carbocycles. The molecule has 2 aromatic carbocycles. The topological polar surface area (TPSA) is 48.7 Å². The molecule has 25 heavy (non-hydrogen) atoms. The fraction of sp³-hybridized carbons (Fsp3) is 0.190. The van der Waals surface area contributed by atoms with Crippen LogP contribution in [0.2, 0.25) is 0 Å². The third-order valence-electron chi connectivity index (χ3n) is 3.62. The summed E-state index contributed by atoms with van der Waals surface area (Å²) in [6.45, 7) is 12.2. The van der Waals surface area contributed by atoms with Gasteiger partial charge in [-0.05, 0) is 31.1 Å². The molecule has 0 saturated carbocycles. The van der Waals surface area contributed by atoms with Crippen molar-refractivity contribution in [2.24, 2.45) is 0 Å². The molecule has 0 radical (unpaired) electrons. The van der Waals surface area contributed by atoms with Crippen LogP contribution in [0.4, 0.5) is 0 Å². The van der Waals surface area contributed by atoms with Gasteiger partial charge in [0.1, 0.15) is 30.3 Å². The summed E-state index contributed by atoms with van der Waals surface area (Å²) in [6.07, 6.45) is 0. The van der Waals surface area contributed by atoms with E-state index >= 15 is 0 Å². The predicted molar refractivity (Wildman–Crippen MR) is 101 cm³/mol. The Morgan fingerprint density at radius 3 is 2.32 bits per heavy atom. The van der Waals surface area contributed by atoms with Crippen LogP contribution in [0.25, 0.3) is 21.7 Å². The van der Waals surface area contributed by atoms with Crippen molar-refractivity contribution in [3.8, 4) is 11.5 Å². The molecule has 0 spiro atoms. The van der Waals surface area contributed by atoms with E-state index < -0.39 is 0 Å². The van der Waals surface area contributed by atoms with Crippen molar-refractivity contribution < 1.29 is 13.9 Å². The van der Waals surface area contributed by atoms with Crippen LogP contribution in [0.15, 0.2) is 69.9 Å². The lowest BCUT2D eigenvalue weighted by atomic mass is 10.1. The van der Waals surface area contributed by atoms with Gasteiger partial charge in [0, 0.05) is 17.5 Å². The van der Waals surface area contributed by atoms with Gasteiger partial charge in [-0.1, -0.05) is 31.4 Å². The molecule has 0 fully saturated rings. The highest BCUT2D eigenvalue weighted by atomic mass is 16.5. The van der Waals surface area contributed by atoms with E-state index in [2.05, 4.69) is 13.2 Å². The molecule has 0 unspecified atom stereocenters. The zero-order chi connectivity index (χ0) is 18.0. The average molecular weight is 336 g/mol. The van der Waals surface area contributed by atoms with Gasteiger partial charge in [0.15, 0.2) is 0 Å². The monoisotopic (exact) mass is 336 g/mol. The summed E-state index contributed by atoms with van der Waals surface area (Å²) in [5, 5.41) is 2.06. The minimum atomic E-state index is -0.383. The zero-order valence-corrected chi connectivity index (χ0v) is 14.4. The quantitative estimate of drug-likeness (QED) is 0.366. The Labute approximate surface area is 146 Å². The molecule has 4 heteroatoms. The Kier molecular flexibility index (Phi) is 4.61. The van der Waals surface area contributed by atoms with Crippen LogP contribution >= 0.6 is 0 Å². The minimum absolute atomic E-state index is 0.368. The van der Waals surface area contributed by atoms with Crippen molar-refractivity contribution in [1.29, 1.82) is 0 Å². The maximum absolute atomic E-state index is 12.3. The Bertz CT molecular complexity index is 1030. The standard InChI is InChI=1S/C21H20O4/c1-13(2)11-23-15-9-18(24-12-14(3)4)20-16-7-5-6-8-17(16)21(22)25-19(20)10-15/h5-10H,1,3,11-12H2,2,4H3. The van der Waals surface area contributed by atoms with E-state index in [0.29, 0.717) is 35.7 Å². The van der Waals surface area contributed by atoms with E-state index in [9.17, 15) is 4.79 Å². The fourth-order valence-corrected chi connectivity index (χ4v) is 2.55. The van der Waals surface area contributed by atoms with Crippen LogP contribution in [-0.2, 0) is 0 Å². The molecule has 3 aromatic rings. The summed E-state index contributed by atoms with van der Waals surface area (Å²) in [4.78, 5) is 12.3. The van der Waals surface area contributed by atoms with Crippen molar-refractivity contribution in [3.05, 3.63) is 71.1 Å². The Hall–Kier alpha value is -3.01. The lowest BCUT2D eigenvalue weighted by Gasteiger charge is -2.13. The van der Waals surface area contributed by atoms with Crippen molar-refractivity contribution in [2.45, 2.75) is 13.8 Å². The maximum Gasteiger partial charge on any atom is 0.344 e. The lowest BCUT2D eigenvalue weighted by Crippen LogP contribution is -2.04. The van der Waals surface area contributed by atoms with Crippen LogP contribution in [0.3, 0.4) is 0 Å². The molecule has 0 aliphatic heterocycles. The highest BCUT2D eigenvalue weighted by Crippen LogP contribution is 2.35. The first-order valence-corrected chi connectivity index (χ1v) is 7.99. The summed E-state index contributed by atoms with van der Waals surface area (Å²) >= 11 is 0. The molecule has 1 heterocycles. The molecule has 0 saturated heterocycles. The van der Waals surface area contributed by atoms with Gasteiger partial charge < -0.3 is 13.9 Å². The fourth-order valence-electron chi connectivity index (χ4n) is 2.55. The van der Waals surface area contributed by atoms with Gasteiger partial charge in [0.25, 0.3) is 0 Å². The van der Waals surface area contributed by atoms with Gasteiger partial charge in [-0.25, -0.2) is 4.79 Å². The van der Waals surface area contributed by atoms with Crippen LogP contribution in [0, 0.1) is 0 Å². The molecule has 0 aliphatic rings. The Balaban J connectivity index is 2.24. The number of rotatable bonds is 6. The smallest absolute Gasteiger partial charge is 0.344 e. The van der Waals surface area contributed by atoms with E-state index in [-0.39, 0.29) is 5.63 Å². The summed E-state index contributed by atoms with van der Waals surface area (Å²) < 4.78 is 17.1. The van der Waals surface area contributed by atoms with Crippen LogP contribution in [0.1, 0.15) is 13.8 Å². The molecule has 3 rings (SSSR count). The lowest BCUT2D eigenvalue weighted by molar-refractivity contribution is 0.337. The molecule has 0 N–H and O–H groups in total. The van der Waals surface area contributed by atoms with E-state index in [4.69, 9.17) is 13.9 Å². The predicted octanol–water partition coefficient (Wildman–Crippen LogP) is 4.86. The second-order valence-corrected chi connectivity index (χ2v) is 6.22. The zero-order valence-electron chi connectivity index (χ0n) is 14.4. The van der Waals surface area contributed by atoms with E-state index in [1.807, 2.05) is 32.0 Å². The first-order valence-electron chi connectivity index (χ1n) is 7.99. The first kappa shape index (κ1) is 16.8. The molecule has 0 bridgehead atoms. The number of hydrogen-bond donors (Lipinski definition) is 0. The van der Waals surface area contributed by atoms with E-state index in [1.54, 1.807) is 18.2 Å². The second kappa shape index (κ2) is 6.85. The SMILES string of the molecule is C=C(C)COc1cc(OCC(=C)C)c2c(c1)oc(=O)c1ccccc12. The summed E-state index contributed by atoms with van der Waals surface area (Å²) in [5.74, 6) is 1.16. The number of benzene rings is 2. The van der Waals surface area contributed by atoms with Crippen molar-refractivity contribution in [3.63, 3.8) is 0 Å². The summed E-state index contributed by atoms with van der Waals surface area (Å²) in [5.41, 5.74) is 1.83. The normalized spacial score (nSPS) is 10.8. The van der Waals surface area contributed by atoms with Crippen molar-refractivity contribution >= 4 is 21.7 Å². The molecule has 4 nitrogen and oxygen atoms in total. The second-order valence-electron chi connectivity index (χ2n) is 6.22. The molecule has 128 valence electrons. The van der Waals surface area contributed by atoms with E-state index in [1.165, 1.54) is 0 Å². The highest BCUT2D eigenvalue weighted by molar-refractivity contribution is 6.08. The van der Waals surface area contributed by atoms with Crippen molar-refractivity contribution in [1.82, 2.24) is 0 Å². The average Bonchev–Trinajstić information content (AvgIpc) is 2.57. The minimum Gasteiger partial charge on any atom is -0.489 e. The highest BCUT2D eigenvalue weighted by Gasteiger charge is 2.14. The summed E-state index contributed by atoms with van der Waals surface area (Å²) in [7, 11) is 0. The van der Waals surface area contributed by atoms with Crippen LogP contribution in [0.5, 0.6) is 11.5 Å². The van der Waals surface area contributed by atoms with Crippen LogP contribution < -0.4 is 15.1 Å². The van der Waals surface area contributed by atoms with Gasteiger partial charge >= 0.3 is 5.63 Å². The third-order valence-corrected chi connectivity index (χ3v) is 3.62. The van der Waals surface area contributed by atoms with Gasteiger partial charge in [-0.15, -0.1) is 0 Å². The van der Waals surface area contributed by atoms with Gasteiger partial charge in [0.2, 0.25) is 0 Å². The van der Waals surface area contributed by atoms with Crippen LogP contribution in [-0.4, -0.2) is 13.2 Å². The van der Waals surface area contributed by atoms with Crippen molar-refractivity contribution in [2.75, 3.05) is 13.2 Å². The molecule has 0 atom stereocenters. The largest absolute Gasteiger partial charge is 0.489 e. The maximum atomic E-state index is 12.3. The third kappa shape index (κ3) is 3.58. The molecule has 1 aromatic heterocycles. The Morgan fingerprint density at radius 1 is 1.00 bits per heavy atom. The molecule has 0 amide bonds. The number of fused-ring (bicyclic) bond motifs is 3.